The highest BCUT2D eigenvalue weighted by molar-refractivity contribution is 7.99. The van der Waals surface area contributed by atoms with Crippen molar-refractivity contribution in [2.75, 3.05) is 6.61 Å². The second-order valence-corrected chi connectivity index (χ2v) is 7.61. The van der Waals surface area contributed by atoms with E-state index in [1.165, 1.54) is 0 Å². The molecule has 2 heterocycles. The number of thiophene rings is 1. The van der Waals surface area contributed by atoms with Crippen molar-refractivity contribution in [3.05, 3.63) is 76.0 Å². The molecule has 0 fully saturated rings. The number of nitrogens with zero attached hydrogens (tertiary/aromatic N) is 1. The number of carbonyl (C=O) groups is 1. The lowest BCUT2D eigenvalue weighted by Crippen LogP contribution is -2.23. The molecule has 0 radical (unpaired) electrons. The molecule has 26 heavy (non-hydrogen) atoms. The van der Waals surface area contributed by atoms with Crippen LogP contribution < -0.4 is 5.48 Å². The highest BCUT2D eigenvalue weighted by atomic mass is 32.2. The SMILES string of the molecule is CCONC(=O)c1ccc2c(c1)N=C(c1cccs1)c1ccccc1S2. The van der Waals surface area contributed by atoms with Crippen LogP contribution >= 0.6 is 23.1 Å². The number of carbonyl (C=O) groups excluding carboxylic acids is 1. The van der Waals surface area contributed by atoms with Crippen LogP contribution in [0.25, 0.3) is 0 Å². The van der Waals surface area contributed by atoms with Crippen LogP contribution in [0.4, 0.5) is 5.69 Å². The molecule has 0 saturated carbocycles. The van der Waals surface area contributed by atoms with Gasteiger partial charge < -0.3 is 0 Å². The maximum absolute atomic E-state index is 12.2. The lowest BCUT2D eigenvalue weighted by molar-refractivity contribution is 0.0364. The fraction of sp³-hybridized carbons (Fsp3) is 0.100. The molecule has 4 nitrogen and oxygen atoms in total. The third-order valence-electron chi connectivity index (χ3n) is 3.88. The van der Waals surface area contributed by atoms with Crippen molar-refractivity contribution >= 4 is 40.4 Å². The summed E-state index contributed by atoms with van der Waals surface area (Å²) in [6.07, 6.45) is 0. The van der Waals surface area contributed by atoms with E-state index in [9.17, 15) is 4.79 Å². The number of benzene rings is 2. The van der Waals surface area contributed by atoms with Crippen LogP contribution in [0.1, 0.15) is 27.7 Å². The molecule has 4 rings (SSSR count). The van der Waals surface area contributed by atoms with Crippen LogP contribution in [-0.4, -0.2) is 18.2 Å². The zero-order valence-electron chi connectivity index (χ0n) is 14.1. The maximum atomic E-state index is 12.2. The molecule has 1 N–H and O–H groups in total. The summed E-state index contributed by atoms with van der Waals surface area (Å²) in [6, 6.07) is 17.9. The van der Waals surface area contributed by atoms with Gasteiger partial charge in [0.2, 0.25) is 0 Å². The molecular formula is C20H16N2O2S2. The molecule has 1 aliphatic rings. The molecule has 1 aliphatic heterocycles. The predicted molar refractivity (Wildman–Crippen MR) is 106 cm³/mol. The van der Waals surface area contributed by atoms with Gasteiger partial charge in [-0.15, -0.1) is 11.3 Å². The number of rotatable bonds is 4. The Kier molecular flexibility index (Phi) is 4.88. The van der Waals surface area contributed by atoms with Gasteiger partial charge in [0.15, 0.2) is 0 Å². The summed E-state index contributed by atoms with van der Waals surface area (Å²) in [6.45, 7) is 2.24. The first-order chi connectivity index (χ1) is 12.8. The summed E-state index contributed by atoms with van der Waals surface area (Å²) in [5, 5.41) is 2.05. The van der Waals surface area contributed by atoms with E-state index in [0.29, 0.717) is 12.2 Å². The van der Waals surface area contributed by atoms with E-state index in [2.05, 4.69) is 23.7 Å². The van der Waals surface area contributed by atoms with Gasteiger partial charge in [-0.1, -0.05) is 36.0 Å². The third kappa shape index (κ3) is 3.31. The molecule has 0 saturated heterocycles. The lowest BCUT2D eigenvalue weighted by Gasteiger charge is -2.07. The van der Waals surface area contributed by atoms with E-state index in [-0.39, 0.29) is 5.91 Å². The number of amides is 1. The second kappa shape index (κ2) is 7.45. The minimum atomic E-state index is -0.269. The van der Waals surface area contributed by atoms with Gasteiger partial charge in [0.1, 0.15) is 0 Å². The van der Waals surface area contributed by atoms with Crippen molar-refractivity contribution in [1.29, 1.82) is 0 Å². The molecule has 3 aromatic rings. The highest BCUT2D eigenvalue weighted by Crippen LogP contribution is 2.41. The van der Waals surface area contributed by atoms with Crippen molar-refractivity contribution in [3.8, 4) is 0 Å². The van der Waals surface area contributed by atoms with Crippen LogP contribution in [0.5, 0.6) is 0 Å². The Bertz CT molecular complexity index is 981. The van der Waals surface area contributed by atoms with Crippen LogP contribution in [0.2, 0.25) is 0 Å². The molecule has 0 spiro atoms. The number of hydroxylamine groups is 1. The number of hydrogen-bond acceptors (Lipinski definition) is 5. The van der Waals surface area contributed by atoms with Crippen LogP contribution in [0, 0.1) is 0 Å². The smallest absolute Gasteiger partial charge is 0.274 e. The highest BCUT2D eigenvalue weighted by Gasteiger charge is 2.20. The van der Waals surface area contributed by atoms with E-state index >= 15 is 0 Å². The van der Waals surface area contributed by atoms with Crippen molar-refractivity contribution in [1.82, 2.24) is 5.48 Å². The number of fused-ring (bicyclic) bond motifs is 2. The van der Waals surface area contributed by atoms with Crippen LogP contribution in [-0.2, 0) is 4.84 Å². The molecule has 130 valence electrons. The molecule has 0 unspecified atom stereocenters. The zero-order valence-corrected chi connectivity index (χ0v) is 15.7. The lowest BCUT2D eigenvalue weighted by atomic mass is 10.1. The Morgan fingerprint density at radius 1 is 1.12 bits per heavy atom. The molecule has 0 aliphatic carbocycles. The maximum Gasteiger partial charge on any atom is 0.274 e. The summed E-state index contributed by atoms with van der Waals surface area (Å²) in [5.74, 6) is -0.269. The summed E-state index contributed by atoms with van der Waals surface area (Å²) in [5.41, 5.74) is 5.79. The number of aliphatic imine (C=N–C) groups is 1. The molecule has 0 atom stereocenters. The molecule has 6 heteroatoms. The first kappa shape index (κ1) is 17.0. The van der Waals surface area contributed by atoms with Gasteiger partial charge in [0.05, 0.1) is 22.9 Å². The van der Waals surface area contributed by atoms with Gasteiger partial charge in [-0.05, 0) is 42.6 Å². The third-order valence-corrected chi connectivity index (χ3v) is 5.90. The Morgan fingerprint density at radius 3 is 2.81 bits per heavy atom. The zero-order chi connectivity index (χ0) is 17.9. The van der Waals surface area contributed by atoms with Crippen molar-refractivity contribution in [2.45, 2.75) is 16.7 Å². The van der Waals surface area contributed by atoms with Crippen molar-refractivity contribution < 1.29 is 9.63 Å². The van der Waals surface area contributed by atoms with Crippen LogP contribution in [0.15, 0.2) is 74.8 Å². The van der Waals surface area contributed by atoms with Crippen molar-refractivity contribution in [3.63, 3.8) is 0 Å². The molecule has 1 aromatic heterocycles. The summed E-state index contributed by atoms with van der Waals surface area (Å²) in [7, 11) is 0. The molecular weight excluding hydrogens is 364 g/mol. The topological polar surface area (TPSA) is 50.7 Å². The summed E-state index contributed by atoms with van der Waals surface area (Å²) in [4.78, 5) is 25.4. The number of hydrogen-bond donors (Lipinski definition) is 1. The van der Waals surface area contributed by atoms with E-state index in [0.717, 1.165) is 31.6 Å². The van der Waals surface area contributed by atoms with Gasteiger partial charge in [0.25, 0.3) is 5.91 Å². The Hall–Kier alpha value is -2.41. The Labute approximate surface area is 159 Å². The Morgan fingerprint density at radius 2 is 2.00 bits per heavy atom. The minimum absolute atomic E-state index is 0.269. The normalized spacial score (nSPS) is 12.6. The fourth-order valence-electron chi connectivity index (χ4n) is 2.68. The van der Waals surface area contributed by atoms with E-state index in [1.807, 2.05) is 42.6 Å². The fourth-order valence-corrected chi connectivity index (χ4v) is 4.41. The first-order valence-corrected chi connectivity index (χ1v) is 9.92. The van der Waals surface area contributed by atoms with Gasteiger partial charge in [0, 0.05) is 20.9 Å². The van der Waals surface area contributed by atoms with Crippen molar-refractivity contribution in [2.24, 2.45) is 4.99 Å². The largest absolute Gasteiger partial charge is 0.274 e. The molecule has 0 bridgehead atoms. The predicted octanol–water partition coefficient (Wildman–Crippen LogP) is 5.06. The van der Waals surface area contributed by atoms with Gasteiger partial charge >= 0.3 is 0 Å². The first-order valence-electron chi connectivity index (χ1n) is 8.22. The average molecular weight is 380 g/mol. The molecule has 2 aromatic carbocycles. The summed E-state index contributed by atoms with van der Waals surface area (Å²) >= 11 is 3.33. The monoisotopic (exact) mass is 380 g/mol. The van der Waals surface area contributed by atoms with E-state index in [1.54, 1.807) is 29.2 Å². The second-order valence-electron chi connectivity index (χ2n) is 5.58. The quantitative estimate of drug-likeness (QED) is 0.503. The van der Waals surface area contributed by atoms with Gasteiger partial charge in [-0.3, -0.25) is 9.63 Å². The standard InChI is InChI=1S/C20H16N2O2S2/c1-2-24-22-20(23)13-9-10-17-15(12-13)21-19(18-8-5-11-25-18)14-6-3-4-7-16(14)26-17/h3-12H,2H2,1H3,(H,22,23). The number of nitrogens with one attached hydrogen (secondary N) is 1. The van der Waals surface area contributed by atoms with Gasteiger partial charge in [-0.25, -0.2) is 10.5 Å². The Balaban J connectivity index is 1.82. The molecule has 1 amide bonds. The summed E-state index contributed by atoms with van der Waals surface area (Å²) < 4.78 is 0. The van der Waals surface area contributed by atoms with E-state index in [4.69, 9.17) is 9.83 Å². The van der Waals surface area contributed by atoms with Crippen LogP contribution in [0.3, 0.4) is 0 Å². The average Bonchev–Trinajstić information content (AvgIpc) is 3.14. The minimum Gasteiger partial charge on any atom is -0.274 e. The van der Waals surface area contributed by atoms with Gasteiger partial charge in [-0.2, -0.15) is 0 Å². The van der Waals surface area contributed by atoms with E-state index < -0.39 is 0 Å².